The van der Waals surface area contributed by atoms with E-state index in [0.717, 1.165) is 0 Å². The van der Waals surface area contributed by atoms with E-state index >= 15 is 0 Å². The normalized spacial score (nSPS) is 11.7. The van der Waals surface area contributed by atoms with E-state index < -0.39 is 12.3 Å². The molecule has 1 N–H and O–H groups in total. The van der Waals surface area contributed by atoms with E-state index in [9.17, 15) is 9.90 Å². The summed E-state index contributed by atoms with van der Waals surface area (Å²) in [5.74, 6) is 0.251. The summed E-state index contributed by atoms with van der Waals surface area (Å²) in [4.78, 5) is 12.1. The lowest BCUT2D eigenvalue weighted by Crippen LogP contribution is -2.17. The molecule has 104 valence electrons. The number of carbonyl (C=O) groups excluding carboxylic acids is 1. The van der Waals surface area contributed by atoms with Crippen LogP contribution in [0.5, 0.6) is 11.5 Å². The Hall–Kier alpha value is -2.33. The fourth-order valence-electron chi connectivity index (χ4n) is 1.62. The molecule has 0 aliphatic heterocycles. The lowest BCUT2D eigenvalue weighted by Gasteiger charge is -2.14. The van der Waals surface area contributed by atoms with Crippen molar-refractivity contribution in [1.82, 2.24) is 0 Å². The summed E-state index contributed by atoms with van der Waals surface area (Å²) in [6.07, 6.45) is -0.511. The van der Waals surface area contributed by atoms with Gasteiger partial charge in [0.1, 0.15) is 17.1 Å². The lowest BCUT2D eigenvalue weighted by atomic mass is 10.2. The van der Waals surface area contributed by atoms with Crippen molar-refractivity contribution in [3.8, 4) is 11.5 Å². The van der Waals surface area contributed by atoms with E-state index in [1.54, 1.807) is 55.5 Å². The number of aliphatic hydroxyl groups is 1. The van der Waals surface area contributed by atoms with Crippen molar-refractivity contribution in [2.45, 2.75) is 19.6 Å². The van der Waals surface area contributed by atoms with Crippen LogP contribution in [-0.2, 0) is 0 Å². The largest absolute Gasteiger partial charge is 0.464 e. The van der Waals surface area contributed by atoms with Crippen LogP contribution in [0, 0.1) is 0 Å². The van der Waals surface area contributed by atoms with Gasteiger partial charge >= 0.3 is 5.97 Å². The minimum Gasteiger partial charge on any atom is -0.464 e. The van der Waals surface area contributed by atoms with Gasteiger partial charge in [-0.3, -0.25) is 0 Å². The van der Waals surface area contributed by atoms with Gasteiger partial charge in [0, 0.05) is 6.42 Å². The standard InChI is InChI=1S/C16H16O4/c1-2-15(17)20-14-11-7-6-10-13(14)16(18)19-12-8-4-3-5-9-12/h3-11,15,17H,2H2,1H3. The van der Waals surface area contributed by atoms with Gasteiger partial charge in [-0.2, -0.15) is 0 Å². The molecule has 0 fully saturated rings. The maximum absolute atomic E-state index is 12.1. The Labute approximate surface area is 117 Å². The summed E-state index contributed by atoms with van der Waals surface area (Å²) in [5, 5.41) is 9.53. The smallest absolute Gasteiger partial charge is 0.347 e. The average molecular weight is 272 g/mol. The molecule has 20 heavy (non-hydrogen) atoms. The summed E-state index contributed by atoms with van der Waals surface area (Å²) >= 11 is 0. The Morgan fingerprint density at radius 3 is 2.45 bits per heavy atom. The van der Waals surface area contributed by atoms with Gasteiger partial charge in [-0.05, 0) is 24.3 Å². The molecule has 0 bridgehead atoms. The van der Waals surface area contributed by atoms with Crippen LogP contribution in [-0.4, -0.2) is 17.4 Å². The third kappa shape index (κ3) is 3.59. The Morgan fingerprint density at radius 1 is 1.10 bits per heavy atom. The maximum atomic E-state index is 12.1. The first-order chi connectivity index (χ1) is 9.70. The van der Waals surface area contributed by atoms with Crippen LogP contribution < -0.4 is 9.47 Å². The molecule has 1 unspecified atom stereocenters. The van der Waals surface area contributed by atoms with Crippen LogP contribution in [0.25, 0.3) is 0 Å². The van der Waals surface area contributed by atoms with Gasteiger partial charge in [0.15, 0.2) is 6.29 Å². The Bertz CT molecular complexity index is 566. The van der Waals surface area contributed by atoms with Gasteiger partial charge < -0.3 is 14.6 Å². The highest BCUT2D eigenvalue weighted by atomic mass is 16.6. The molecule has 0 radical (unpaired) electrons. The first kappa shape index (κ1) is 14.1. The Kier molecular flexibility index (Phi) is 4.74. The summed E-state index contributed by atoms with van der Waals surface area (Å²) in [5.41, 5.74) is 0.281. The highest BCUT2D eigenvalue weighted by Crippen LogP contribution is 2.21. The predicted octanol–water partition coefficient (Wildman–Crippen LogP) is 3.01. The third-order valence-electron chi connectivity index (χ3n) is 2.67. The number of hydrogen-bond donors (Lipinski definition) is 1. The van der Waals surface area contributed by atoms with Crippen molar-refractivity contribution in [1.29, 1.82) is 0 Å². The predicted molar refractivity (Wildman–Crippen MR) is 74.8 cm³/mol. The molecule has 0 aromatic heterocycles. The van der Waals surface area contributed by atoms with Crippen molar-refractivity contribution in [3.63, 3.8) is 0 Å². The monoisotopic (exact) mass is 272 g/mol. The van der Waals surface area contributed by atoms with Crippen molar-refractivity contribution >= 4 is 5.97 Å². The van der Waals surface area contributed by atoms with Crippen LogP contribution >= 0.6 is 0 Å². The number of esters is 1. The molecule has 4 nitrogen and oxygen atoms in total. The van der Waals surface area contributed by atoms with E-state index in [1.165, 1.54) is 0 Å². The second kappa shape index (κ2) is 6.73. The lowest BCUT2D eigenvalue weighted by molar-refractivity contribution is -0.0197. The number of carbonyl (C=O) groups is 1. The minimum atomic E-state index is -0.944. The molecular weight excluding hydrogens is 256 g/mol. The number of benzene rings is 2. The zero-order valence-corrected chi connectivity index (χ0v) is 11.2. The minimum absolute atomic E-state index is 0.281. The van der Waals surface area contributed by atoms with Crippen molar-refractivity contribution in [3.05, 3.63) is 60.2 Å². The number of aliphatic hydroxyl groups excluding tert-OH is 1. The second-order valence-electron chi connectivity index (χ2n) is 4.18. The molecule has 0 heterocycles. The molecule has 1 atom stereocenters. The SMILES string of the molecule is CCC(O)Oc1ccccc1C(=O)Oc1ccccc1. The van der Waals surface area contributed by atoms with Crippen LogP contribution in [0.2, 0.25) is 0 Å². The number of ether oxygens (including phenoxy) is 2. The van der Waals surface area contributed by atoms with Gasteiger partial charge in [-0.25, -0.2) is 4.79 Å². The topological polar surface area (TPSA) is 55.8 Å². The summed E-state index contributed by atoms with van der Waals surface area (Å²) in [7, 11) is 0. The molecule has 0 spiro atoms. The van der Waals surface area contributed by atoms with Gasteiger partial charge in [-0.15, -0.1) is 0 Å². The first-order valence-corrected chi connectivity index (χ1v) is 6.41. The molecule has 0 saturated heterocycles. The fraction of sp³-hybridized carbons (Fsp3) is 0.188. The van der Waals surface area contributed by atoms with Crippen molar-refractivity contribution in [2.24, 2.45) is 0 Å². The van der Waals surface area contributed by atoms with Crippen LogP contribution in [0.15, 0.2) is 54.6 Å². The molecule has 0 amide bonds. The summed E-state index contributed by atoms with van der Waals surface area (Å²) < 4.78 is 10.6. The van der Waals surface area contributed by atoms with Crippen LogP contribution in [0.1, 0.15) is 23.7 Å². The number of para-hydroxylation sites is 2. The molecule has 2 aromatic rings. The fourth-order valence-corrected chi connectivity index (χ4v) is 1.62. The molecule has 4 heteroatoms. The highest BCUT2D eigenvalue weighted by molar-refractivity contribution is 5.93. The Morgan fingerprint density at radius 2 is 1.75 bits per heavy atom. The van der Waals surface area contributed by atoms with E-state index in [4.69, 9.17) is 9.47 Å². The van der Waals surface area contributed by atoms with E-state index in [1.807, 2.05) is 6.07 Å². The zero-order chi connectivity index (χ0) is 14.4. The van der Waals surface area contributed by atoms with Crippen molar-refractivity contribution < 1.29 is 19.4 Å². The van der Waals surface area contributed by atoms with E-state index in [0.29, 0.717) is 17.9 Å². The van der Waals surface area contributed by atoms with Gasteiger partial charge in [-0.1, -0.05) is 37.3 Å². The zero-order valence-electron chi connectivity index (χ0n) is 11.2. The molecule has 0 saturated carbocycles. The maximum Gasteiger partial charge on any atom is 0.347 e. The molecule has 0 aliphatic carbocycles. The van der Waals surface area contributed by atoms with Crippen LogP contribution in [0.4, 0.5) is 0 Å². The summed E-state index contributed by atoms with van der Waals surface area (Å²) in [6.45, 7) is 1.79. The third-order valence-corrected chi connectivity index (χ3v) is 2.67. The number of rotatable bonds is 5. The van der Waals surface area contributed by atoms with Crippen LogP contribution in [0.3, 0.4) is 0 Å². The van der Waals surface area contributed by atoms with E-state index in [2.05, 4.69) is 0 Å². The Balaban J connectivity index is 2.17. The summed E-state index contributed by atoms with van der Waals surface area (Å²) in [6, 6.07) is 15.5. The molecular formula is C16H16O4. The molecule has 2 aromatic carbocycles. The van der Waals surface area contributed by atoms with Crippen molar-refractivity contribution in [2.75, 3.05) is 0 Å². The second-order valence-corrected chi connectivity index (χ2v) is 4.18. The highest BCUT2D eigenvalue weighted by Gasteiger charge is 2.16. The van der Waals surface area contributed by atoms with Gasteiger partial charge in [0.25, 0.3) is 0 Å². The van der Waals surface area contributed by atoms with Gasteiger partial charge in [0.2, 0.25) is 0 Å². The van der Waals surface area contributed by atoms with E-state index in [-0.39, 0.29) is 5.56 Å². The van der Waals surface area contributed by atoms with Gasteiger partial charge in [0.05, 0.1) is 0 Å². The average Bonchev–Trinajstić information content (AvgIpc) is 2.48. The quantitative estimate of drug-likeness (QED) is 0.516. The molecule has 0 aliphatic rings. The molecule has 2 rings (SSSR count). The first-order valence-electron chi connectivity index (χ1n) is 6.41. The number of hydrogen-bond acceptors (Lipinski definition) is 4.